The van der Waals surface area contributed by atoms with Crippen LogP contribution in [0.3, 0.4) is 0 Å². The highest BCUT2D eigenvalue weighted by molar-refractivity contribution is 7.90. The molecule has 1 saturated heterocycles. The van der Waals surface area contributed by atoms with Gasteiger partial charge in [-0.2, -0.15) is 0 Å². The molecule has 0 aromatic heterocycles. The average Bonchev–Trinajstić information content (AvgIpc) is 2.37. The molecule has 0 radical (unpaired) electrons. The van der Waals surface area contributed by atoms with E-state index >= 15 is 0 Å². The van der Waals surface area contributed by atoms with Gasteiger partial charge in [0.15, 0.2) is 9.84 Å². The summed E-state index contributed by atoms with van der Waals surface area (Å²) in [7, 11) is -3.53. The number of nitrogens with two attached hydrogens (primary N) is 1. The minimum Gasteiger partial charge on any atom is -0.338 e. The molecule has 1 heterocycles. The molecule has 0 spiro atoms. The molecule has 124 valence electrons. The lowest BCUT2D eigenvalue weighted by atomic mass is 10.0. The van der Waals surface area contributed by atoms with Gasteiger partial charge in [0.05, 0.1) is 20.5 Å². The van der Waals surface area contributed by atoms with Crippen LogP contribution < -0.4 is 5.73 Å². The van der Waals surface area contributed by atoms with Crippen molar-refractivity contribution in [2.45, 2.75) is 23.8 Å². The van der Waals surface area contributed by atoms with Crippen LogP contribution in [0, 0.1) is 0 Å². The molecule has 2 rings (SSSR count). The number of rotatable bonds is 2. The molecule has 1 aliphatic rings. The molecule has 5 nitrogen and oxygen atoms in total. The number of amides is 1. The molecule has 1 aromatic carbocycles. The van der Waals surface area contributed by atoms with Gasteiger partial charge in [0, 0.05) is 25.4 Å². The highest BCUT2D eigenvalue weighted by Crippen LogP contribution is 2.30. The number of halogens is 3. The van der Waals surface area contributed by atoms with Gasteiger partial charge in [0.2, 0.25) is 0 Å². The van der Waals surface area contributed by atoms with E-state index in [9.17, 15) is 13.2 Å². The molecule has 0 atom stereocenters. The van der Waals surface area contributed by atoms with E-state index in [0.717, 1.165) is 19.1 Å². The van der Waals surface area contributed by atoms with E-state index in [2.05, 4.69) is 0 Å². The second-order valence-corrected chi connectivity index (χ2v) is 7.96. The zero-order chi connectivity index (χ0) is 15.8. The largest absolute Gasteiger partial charge is 0.338 e. The maximum atomic E-state index is 12.5. The lowest BCUT2D eigenvalue weighted by Crippen LogP contribution is -2.43. The van der Waals surface area contributed by atoms with Crippen molar-refractivity contribution in [1.29, 1.82) is 0 Å². The predicted octanol–water partition coefficient (Wildman–Crippen LogP) is 2.38. The van der Waals surface area contributed by atoms with Crippen LogP contribution in [-0.4, -0.2) is 44.6 Å². The maximum absolute atomic E-state index is 12.5. The Bertz CT molecular complexity index is 671. The molecule has 9 heteroatoms. The van der Waals surface area contributed by atoms with E-state index in [-0.39, 0.29) is 44.9 Å². The number of sulfone groups is 1. The summed E-state index contributed by atoms with van der Waals surface area (Å²) in [5.41, 5.74) is 5.96. The minimum atomic E-state index is -3.53. The third-order valence-corrected chi connectivity index (χ3v) is 5.35. The number of benzene rings is 1. The van der Waals surface area contributed by atoms with Crippen molar-refractivity contribution in [3.8, 4) is 0 Å². The summed E-state index contributed by atoms with van der Waals surface area (Å²) in [6.07, 6.45) is 2.47. The monoisotopic (exact) mass is 386 g/mol. The second kappa shape index (κ2) is 7.36. The van der Waals surface area contributed by atoms with Crippen molar-refractivity contribution < 1.29 is 13.2 Å². The number of nitrogens with zero attached hydrogens (tertiary/aromatic N) is 1. The second-order valence-electron chi connectivity index (χ2n) is 5.16. The van der Waals surface area contributed by atoms with Gasteiger partial charge in [-0.1, -0.05) is 23.2 Å². The molecule has 1 aromatic rings. The van der Waals surface area contributed by atoms with Gasteiger partial charge in [0.1, 0.15) is 0 Å². The van der Waals surface area contributed by atoms with Crippen molar-refractivity contribution in [2.24, 2.45) is 5.73 Å². The Morgan fingerprint density at radius 3 is 2.27 bits per heavy atom. The Hall–Kier alpha value is -0.530. The van der Waals surface area contributed by atoms with Crippen LogP contribution in [0.1, 0.15) is 23.2 Å². The van der Waals surface area contributed by atoms with E-state index in [1.807, 2.05) is 0 Å². The molecule has 0 bridgehead atoms. The topological polar surface area (TPSA) is 80.5 Å². The van der Waals surface area contributed by atoms with E-state index in [1.165, 1.54) is 12.1 Å². The van der Waals surface area contributed by atoms with Gasteiger partial charge >= 0.3 is 0 Å². The molecule has 0 unspecified atom stereocenters. The first-order chi connectivity index (χ1) is 9.70. The molecule has 0 saturated carbocycles. The van der Waals surface area contributed by atoms with Crippen molar-refractivity contribution >= 4 is 51.4 Å². The van der Waals surface area contributed by atoms with Gasteiger partial charge in [-0.3, -0.25) is 4.79 Å². The zero-order valence-corrected chi connectivity index (χ0v) is 15.0. The van der Waals surface area contributed by atoms with Crippen LogP contribution in [0.15, 0.2) is 17.0 Å². The fourth-order valence-corrected chi connectivity index (χ4v) is 3.88. The third kappa shape index (κ3) is 4.26. The van der Waals surface area contributed by atoms with Crippen LogP contribution in [0.25, 0.3) is 0 Å². The van der Waals surface area contributed by atoms with E-state index in [4.69, 9.17) is 28.9 Å². The van der Waals surface area contributed by atoms with Crippen LogP contribution in [-0.2, 0) is 9.84 Å². The predicted molar refractivity (Wildman–Crippen MR) is 89.9 cm³/mol. The van der Waals surface area contributed by atoms with Crippen molar-refractivity contribution in [3.05, 3.63) is 27.7 Å². The third-order valence-electron chi connectivity index (χ3n) is 3.48. The highest BCUT2D eigenvalue weighted by Gasteiger charge is 2.25. The normalized spacial score (nSPS) is 16.3. The number of carbonyl (C=O) groups is 1. The fraction of sp³-hybridized carbons (Fsp3) is 0.462. The summed E-state index contributed by atoms with van der Waals surface area (Å²) in [5.74, 6) is -0.298. The van der Waals surface area contributed by atoms with Crippen LogP contribution in [0.5, 0.6) is 0 Å². The molecular weight excluding hydrogens is 371 g/mol. The first-order valence-corrected chi connectivity index (χ1v) is 9.09. The number of hydrogen-bond donors (Lipinski definition) is 1. The molecule has 1 amide bonds. The molecule has 0 aliphatic carbocycles. The minimum absolute atomic E-state index is 0. The van der Waals surface area contributed by atoms with Crippen molar-refractivity contribution in [3.63, 3.8) is 0 Å². The summed E-state index contributed by atoms with van der Waals surface area (Å²) in [4.78, 5) is 14.0. The van der Waals surface area contributed by atoms with Crippen LogP contribution >= 0.6 is 35.6 Å². The SMILES string of the molecule is CS(=O)(=O)c1cc(C(=O)N2CCC(N)CC2)c(Cl)cc1Cl.Cl. The quantitative estimate of drug-likeness (QED) is 0.845. The number of piperidine rings is 1. The molecule has 2 N–H and O–H groups in total. The smallest absolute Gasteiger partial charge is 0.255 e. The van der Waals surface area contributed by atoms with Gasteiger partial charge in [0.25, 0.3) is 5.91 Å². The van der Waals surface area contributed by atoms with Gasteiger partial charge in [-0.25, -0.2) is 8.42 Å². The standard InChI is InChI=1S/C13H16Cl2N2O3S.ClH/c1-21(19,20)12-6-9(10(14)7-11(12)15)13(18)17-4-2-8(16)3-5-17;/h6-8H,2-5,16H2,1H3;1H. The van der Waals surface area contributed by atoms with Crippen molar-refractivity contribution in [2.75, 3.05) is 19.3 Å². The summed E-state index contributed by atoms with van der Waals surface area (Å²) in [6, 6.07) is 2.64. The first-order valence-electron chi connectivity index (χ1n) is 6.44. The summed E-state index contributed by atoms with van der Waals surface area (Å²) >= 11 is 11.9. The molecule has 1 aliphatic heterocycles. The highest BCUT2D eigenvalue weighted by atomic mass is 35.5. The Kier molecular flexibility index (Phi) is 6.53. The molecule has 1 fully saturated rings. The summed E-state index contributed by atoms with van der Waals surface area (Å²) in [6.45, 7) is 1.07. The van der Waals surface area contributed by atoms with Crippen molar-refractivity contribution in [1.82, 2.24) is 4.90 Å². The molecule has 22 heavy (non-hydrogen) atoms. The summed E-state index contributed by atoms with van der Waals surface area (Å²) < 4.78 is 23.4. The van der Waals surface area contributed by atoms with Crippen LogP contribution in [0.2, 0.25) is 10.0 Å². The van der Waals surface area contributed by atoms with E-state index < -0.39 is 9.84 Å². The van der Waals surface area contributed by atoms with Gasteiger partial charge in [-0.05, 0) is 25.0 Å². The molecular formula is C13H17Cl3N2O3S. The fourth-order valence-electron chi connectivity index (χ4n) is 2.25. The number of likely N-dealkylation sites (tertiary alicyclic amines) is 1. The summed E-state index contributed by atoms with van der Waals surface area (Å²) in [5, 5.41) is 0.159. The zero-order valence-electron chi connectivity index (χ0n) is 11.9. The number of hydrogen-bond acceptors (Lipinski definition) is 4. The Morgan fingerprint density at radius 2 is 1.77 bits per heavy atom. The maximum Gasteiger partial charge on any atom is 0.255 e. The Morgan fingerprint density at radius 1 is 1.23 bits per heavy atom. The van der Waals surface area contributed by atoms with Crippen LogP contribution in [0.4, 0.5) is 0 Å². The first kappa shape index (κ1) is 19.5. The van der Waals surface area contributed by atoms with Gasteiger partial charge < -0.3 is 10.6 Å². The average molecular weight is 388 g/mol. The van der Waals surface area contributed by atoms with E-state index in [0.29, 0.717) is 13.1 Å². The lowest BCUT2D eigenvalue weighted by molar-refractivity contribution is 0.0714. The Balaban J connectivity index is 0.00000242. The van der Waals surface area contributed by atoms with Gasteiger partial charge in [-0.15, -0.1) is 12.4 Å². The Labute approximate surface area is 146 Å². The number of carbonyl (C=O) groups excluding carboxylic acids is 1. The lowest BCUT2D eigenvalue weighted by Gasteiger charge is -2.30. The van der Waals surface area contributed by atoms with E-state index in [1.54, 1.807) is 4.90 Å².